The summed E-state index contributed by atoms with van der Waals surface area (Å²) >= 11 is 1.58. The standard InChI is InChI=1S/C12H20N2O2S/c1-9-3-2-4-10(5-9)13-11(15)6-14-8-17-7-12(14)16/h9-10H,2-8H2,1H3,(H,13,15). The van der Waals surface area contributed by atoms with E-state index in [4.69, 9.17) is 0 Å². The summed E-state index contributed by atoms with van der Waals surface area (Å²) in [7, 11) is 0. The van der Waals surface area contributed by atoms with E-state index in [0.717, 1.165) is 12.8 Å². The van der Waals surface area contributed by atoms with Gasteiger partial charge in [0.1, 0.15) is 6.54 Å². The second-order valence-corrected chi connectivity index (χ2v) is 6.06. The zero-order valence-electron chi connectivity index (χ0n) is 10.3. The zero-order valence-corrected chi connectivity index (χ0v) is 11.1. The highest BCUT2D eigenvalue weighted by molar-refractivity contribution is 8.00. The van der Waals surface area contributed by atoms with Gasteiger partial charge in [0.15, 0.2) is 0 Å². The number of carbonyl (C=O) groups is 2. The lowest BCUT2D eigenvalue weighted by Crippen LogP contribution is -2.44. The van der Waals surface area contributed by atoms with Crippen LogP contribution in [0.25, 0.3) is 0 Å². The number of carbonyl (C=O) groups excluding carboxylic acids is 2. The fourth-order valence-electron chi connectivity index (χ4n) is 2.55. The van der Waals surface area contributed by atoms with Crippen molar-refractivity contribution in [2.45, 2.75) is 38.6 Å². The van der Waals surface area contributed by atoms with E-state index in [0.29, 0.717) is 23.6 Å². The molecule has 1 aliphatic carbocycles. The molecule has 0 aromatic heterocycles. The van der Waals surface area contributed by atoms with Gasteiger partial charge in [-0.15, -0.1) is 11.8 Å². The minimum atomic E-state index is -0.0000463. The summed E-state index contributed by atoms with van der Waals surface area (Å²) in [5.74, 6) is 1.97. The number of nitrogens with zero attached hydrogens (tertiary/aromatic N) is 1. The fourth-order valence-corrected chi connectivity index (χ4v) is 3.46. The maximum atomic E-state index is 11.8. The third-order valence-electron chi connectivity index (χ3n) is 3.46. The van der Waals surface area contributed by atoms with Crippen molar-refractivity contribution >= 4 is 23.6 Å². The summed E-state index contributed by atoms with van der Waals surface area (Å²) in [6.07, 6.45) is 4.63. The van der Waals surface area contributed by atoms with Crippen LogP contribution in [0.2, 0.25) is 0 Å². The summed E-state index contributed by atoms with van der Waals surface area (Å²) < 4.78 is 0. The van der Waals surface area contributed by atoms with Crippen molar-refractivity contribution in [3.05, 3.63) is 0 Å². The highest BCUT2D eigenvalue weighted by atomic mass is 32.2. The Morgan fingerprint density at radius 1 is 1.53 bits per heavy atom. The molecule has 2 amide bonds. The van der Waals surface area contributed by atoms with Gasteiger partial charge in [0.2, 0.25) is 11.8 Å². The van der Waals surface area contributed by atoms with E-state index in [2.05, 4.69) is 12.2 Å². The van der Waals surface area contributed by atoms with Crippen LogP contribution < -0.4 is 5.32 Å². The van der Waals surface area contributed by atoms with Crippen molar-refractivity contribution < 1.29 is 9.59 Å². The molecule has 2 rings (SSSR count). The van der Waals surface area contributed by atoms with Crippen molar-refractivity contribution in [2.24, 2.45) is 5.92 Å². The van der Waals surface area contributed by atoms with Crippen molar-refractivity contribution in [3.8, 4) is 0 Å². The highest BCUT2D eigenvalue weighted by Gasteiger charge is 2.25. The minimum Gasteiger partial charge on any atom is -0.352 e. The van der Waals surface area contributed by atoms with E-state index in [1.165, 1.54) is 12.8 Å². The molecule has 0 aromatic rings. The molecule has 2 atom stereocenters. The van der Waals surface area contributed by atoms with E-state index in [1.54, 1.807) is 16.7 Å². The first-order valence-corrected chi connectivity index (χ1v) is 7.45. The Morgan fingerprint density at radius 2 is 2.35 bits per heavy atom. The molecule has 17 heavy (non-hydrogen) atoms. The van der Waals surface area contributed by atoms with E-state index in [-0.39, 0.29) is 18.4 Å². The van der Waals surface area contributed by atoms with E-state index in [9.17, 15) is 9.59 Å². The van der Waals surface area contributed by atoms with Crippen molar-refractivity contribution in [3.63, 3.8) is 0 Å². The van der Waals surface area contributed by atoms with E-state index in [1.807, 2.05) is 0 Å². The first kappa shape index (κ1) is 12.7. The quantitative estimate of drug-likeness (QED) is 0.826. The van der Waals surface area contributed by atoms with E-state index >= 15 is 0 Å². The Hall–Kier alpha value is -0.710. The first-order valence-electron chi connectivity index (χ1n) is 6.30. The first-order chi connectivity index (χ1) is 8.15. The molecule has 0 radical (unpaired) electrons. The van der Waals surface area contributed by atoms with Gasteiger partial charge in [-0.1, -0.05) is 19.8 Å². The Bertz CT molecular complexity index is 309. The number of hydrogen-bond acceptors (Lipinski definition) is 3. The largest absolute Gasteiger partial charge is 0.352 e. The molecule has 1 aliphatic heterocycles. The van der Waals surface area contributed by atoms with Gasteiger partial charge in [0, 0.05) is 6.04 Å². The van der Waals surface area contributed by atoms with Crippen LogP contribution in [-0.2, 0) is 9.59 Å². The molecule has 0 aromatic carbocycles. The third kappa shape index (κ3) is 3.63. The predicted molar refractivity (Wildman–Crippen MR) is 68.6 cm³/mol. The molecule has 1 saturated carbocycles. The SMILES string of the molecule is CC1CCCC(NC(=O)CN2CSCC2=O)C1. The molecule has 2 unspecified atom stereocenters. The third-order valence-corrected chi connectivity index (χ3v) is 4.41. The number of thioether (sulfide) groups is 1. The van der Waals surface area contributed by atoms with Gasteiger partial charge in [-0.3, -0.25) is 9.59 Å². The van der Waals surface area contributed by atoms with Crippen molar-refractivity contribution in [2.75, 3.05) is 18.2 Å². The van der Waals surface area contributed by atoms with Crippen LogP contribution in [0, 0.1) is 5.92 Å². The topological polar surface area (TPSA) is 49.4 Å². The normalized spacial score (nSPS) is 29.5. The molecule has 2 aliphatic rings. The van der Waals surface area contributed by atoms with Crippen LogP contribution in [0.15, 0.2) is 0 Å². The monoisotopic (exact) mass is 256 g/mol. The molecular formula is C12H20N2O2S. The number of hydrogen-bond donors (Lipinski definition) is 1. The van der Waals surface area contributed by atoms with Crippen molar-refractivity contribution in [1.82, 2.24) is 10.2 Å². The van der Waals surface area contributed by atoms with Gasteiger partial charge >= 0.3 is 0 Å². The number of rotatable bonds is 3. The predicted octanol–water partition coefficient (Wildman–Crippen LogP) is 1.21. The van der Waals surface area contributed by atoms with Crippen LogP contribution in [0.1, 0.15) is 32.6 Å². The maximum Gasteiger partial charge on any atom is 0.239 e. The molecule has 1 saturated heterocycles. The van der Waals surface area contributed by atoms with Crippen LogP contribution in [0.4, 0.5) is 0 Å². The van der Waals surface area contributed by atoms with Gasteiger partial charge in [-0.25, -0.2) is 0 Å². The smallest absolute Gasteiger partial charge is 0.239 e. The molecule has 2 fully saturated rings. The van der Waals surface area contributed by atoms with Gasteiger partial charge in [0.25, 0.3) is 0 Å². The molecule has 5 heteroatoms. The zero-order chi connectivity index (χ0) is 12.3. The summed E-state index contributed by atoms with van der Waals surface area (Å²) in [5.41, 5.74) is 0. The lowest BCUT2D eigenvalue weighted by atomic mass is 9.87. The Morgan fingerprint density at radius 3 is 3.00 bits per heavy atom. The van der Waals surface area contributed by atoms with Gasteiger partial charge in [-0.05, 0) is 18.8 Å². The Balaban J connectivity index is 1.74. The Labute approximate surface area is 106 Å². The Kier molecular flexibility index (Phi) is 4.31. The molecule has 96 valence electrons. The molecule has 1 heterocycles. The van der Waals surface area contributed by atoms with Gasteiger partial charge < -0.3 is 10.2 Å². The second-order valence-electron chi connectivity index (χ2n) is 5.11. The lowest BCUT2D eigenvalue weighted by Gasteiger charge is -2.28. The molecule has 0 spiro atoms. The van der Waals surface area contributed by atoms with Crippen LogP contribution >= 0.6 is 11.8 Å². The second kappa shape index (κ2) is 5.76. The molecule has 1 N–H and O–H groups in total. The maximum absolute atomic E-state index is 11.8. The van der Waals surface area contributed by atoms with Crippen LogP contribution in [-0.4, -0.2) is 40.9 Å². The molecule has 4 nitrogen and oxygen atoms in total. The lowest BCUT2D eigenvalue weighted by molar-refractivity contribution is -0.132. The average molecular weight is 256 g/mol. The van der Waals surface area contributed by atoms with Crippen LogP contribution in [0.5, 0.6) is 0 Å². The minimum absolute atomic E-state index is 0.0000463. The van der Waals surface area contributed by atoms with Gasteiger partial charge in [-0.2, -0.15) is 0 Å². The van der Waals surface area contributed by atoms with Gasteiger partial charge in [0.05, 0.1) is 11.6 Å². The summed E-state index contributed by atoms with van der Waals surface area (Å²) in [5, 5.41) is 3.05. The van der Waals surface area contributed by atoms with E-state index < -0.39 is 0 Å². The summed E-state index contributed by atoms with van der Waals surface area (Å²) in [4.78, 5) is 24.8. The average Bonchev–Trinajstić information content (AvgIpc) is 2.64. The number of nitrogens with one attached hydrogen (secondary N) is 1. The summed E-state index contributed by atoms with van der Waals surface area (Å²) in [6, 6.07) is 0.316. The van der Waals surface area contributed by atoms with Crippen LogP contribution in [0.3, 0.4) is 0 Å². The number of amides is 2. The molecular weight excluding hydrogens is 236 g/mol. The van der Waals surface area contributed by atoms with Crippen molar-refractivity contribution in [1.29, 1.82) is 0 Å². The molecule has 0 bridgehead atoms. The summed E-state index contributed by atoms with van der Waals surface area (Å²) in [6.45, 7) is 2.47. The highest BCUT2D eigenvalue weighted by Crippen LogP contribution is 2.23. The fraction of sp³-hybridized carbons (Fsp3) is 0.833.